The highest BCUT2D eigenvalue weighted by Crippen LogP contribution is 2.30. The van der Waals surface area contributed by atoms with Crippen LogP contribution in [0.5, 0.6) is 0 Å². The first-order valence-corrected chi connectivity index (χ1v) is 4.90. The predicted octanol–water partition coefficient (Wildman–Crippen LogP) is 1.01. The summed E-state index contributed by atoms with van der Waals surface area (Å²) in [5.74, 6) is -2.01. The number of amides is 1. The van der Waals surface area contributed by atoms with Gasteiger partial charge in [0, 0.05) is 10.6 Å². The largest absolute Gasteiger partial charge is 0.385 e. The lowest BCUT2D eigenvalue weighted by Crippen LogP contribution is -2.34. The van der Waals surface area contributed by atoms with E-state index in [9.17, 15) is 19.4 Å². The molecule has 4 N–H and O–H groups in total. The second-order valence-electron chi connectivity index (χ2n) is 3.08. The Morgan fingerprint density at radius 2 is 1.94 bits per heavy atom. The number of aliphatic hydroxyl groups is 2. The lowest BCUT2D eigenvalue weighted by Gasteiger charge is -2.16. The Bertz CT molecular complexity index is 427. The molecule has 0 fully saturated rings. The van der Waals surface area contributed by atoms with Crippen LogP contribution in [0.15, 0.2) is 12.1 Å². The monoisotopic (exact) mass is 267 g/mol. The van der Waals surface area contributed by atoms with Crippen molar-refractivity contribution in [1.82, 2.24) is 0 Å². The van der Waals surface area contributed by atoms with Crippen LogP contribution in [0.4, 0.5) is 4.39 Å². The first-order chi connectivity index (χ1) is 7.34. The molecule has 0 aliphatic rings. The standard InChI is InChI=1S/C9H8Cl2FNO3/c10-3-1-4(6(11)5(12)2-3)7(14)8(15)9(13)16/h1-2,7-8,14-15H,(H2,13,16). The van der Waals surface area contributed by atoms with Gasteiger partial charge in [-0.1, -0.05) is 23.2 Å². The first-order valence-electron chi connectivity index (χ1n) is 4.14. The van der Waals surface area contributed by atoms with E-state index < -0.39 is 29.0 Å². The summed E-state index contributed by atoms with van der Waals surface area (Å²) in [4.78, 5) is 10.6. The van der Waals surface area contributed by atoms with Crippen LogP contribution in [-0.2, 0) is 4.79 Å². The molecule has 1 amide bonds. The maximum atomic E-state index is 13.1. The first kappa shape index (κ1) is 13.2. The summed E-state index contributed by atoms with van der Waals surface area (Å²) in [5, 5.41) is 18.3. The lowest BCUT2D eigenvalue weighted by atomic mass is 10.0. The summed E-state index contributed by atoms with van der Waals surface area (Å²) >= 11 is 11.1. The van der Waals surface area contributed by atoms with Crippen molar-refractivity contribution in [1.29, 1.82) is 0 Å². The zero-order valence-electron chi connectivity index (χ0n) is 7.82. The summed E-state index contributed by atoms with van der Waals surface area (Å²) in [6.07, 6.45) is -3.60. The number of carbonyl (C=O) groups is 1. The average Bonchev–Trinajstić information content (AvgIpc) is 2.21. The molecular weight excluding hydrogens is 260 g/mol. The highest BCUT2D eigenvalue weighted by molar-refractivity contribution is 6.33. The van der Waals surface area contributed by atoms with E-state index in [0.717, 1.165) is 12.1 Å². The van der Waals surface area contributed by atoms with Crippen molar-refractivity contribution < 1.29 is 19.4 Å². The second kappa shape index (κ2) is 4.97. The van der Waals surface area contributed by atoms with Crippen LogP contribution in [-0.4, -0.2) is 22.2 Å². The number of nitrogens with two attached hydrogens (primary N) is 1. The number of hydrogen-bond acceptors (Lipinski definition) is 3. The third kappa shape index (κ3) is 2.62. The van der Waals surface area contributed by atoms with E-state index in [2.05, 4.69) is 0 Å². The van der Waals surface area contributed by atoms with Crippen LogP contribution in [0.1, 0.15) is 11.7 Å². The van der Waals surface area contributed by atoms with Crippen LogP contribution in [0.3, 0.4) is 0 Å². The van der Waals surface area contributed by atoms with Gasteiger partial charge in [-0.3, -0.25) is 4.79 Å². The fraction of sp³-hybridized carbons (Fsp3) is 0.222. The third-order valence-electron chi connectivity index (χ3n) is 1.93. The van der Waals surface area contributed by atoms with Crippen LogP contribution >= 0.6 is 23.2 Å². The van der Waals surface area contributed by atoms with Gasteiger partial charge in [0.2, 0.25) is 5.91 Å². The SMILES string of the molecule is NC(=O)C(O)C(O)c1cc(Cl)cc(F)c1Cl. The van der Waals surface area contributed by atoms with E-state index in [-0.39, 0.29) is 10.6 Å². The molecule has 0 aliphatic heterocycles. The molecule has 0 radical (unpaired) electrons. The van der Waals surface area contributed by atoms with Gasteiger partial charge in [-0.25, -0.2) is 4.39 Å². The Morgan fingerprint density at radius 1 is 1.38 bits per heavy atom. The molecular formula is C9H8Cl2FNO3. The van der Waals surface area contributed by atoms with E-state index in [1.54, 1.807) is 0 Å². The fourth-order valence-corrected chi connectivity index (χ4v) is 1.55. The molecule has 88 valence electrons. The van der Waals surface area contributed by atoms with Gasteiger partial charge in [-0.15, -0.1) is 0 Å². The molecule has 2 unspecified atom stereocenters. The summed E-state index contributed by atoms with van der Waals surface area (Å²) in [6.45, 7) is 0. The van der Waals surface area contributed by atoms with Gasteiger partial charge in [0.25, 0.3) is 0 Å². The van der Waals surface area contributed by atoms with Crippen molar-refractivity contribution in [2.75, 3.05) is 0 Å². The number of rotatable bonds is 3. The maximum Gasteiger partial charge on any atom is 0.249 e. The van der Waals surface area contributed by atoms with Crippen molar-refractivity contribution in [3.8, 4) is 0 Å². The van der Waals surface area contributed by atoms with Gasteiger partial charge in [-0.2, -0.15) is 0 Å². The molecule has 0 spiro atoms. The maximum absolute atomic E-state index is 13.1. The summed E-state index contributed by atoms with van der Waals surface area (Å²) in [6, 6.07) is 2.08. The normalized spacial score (nSPS) is 14.6. The molecule has 16 heavy (non-hydrogen) atoms. The van der Waals surface area contributed by atoms with Crippen LogP contribution in [0.25, 0.3) is 0 Å². The van der Waals surface area contributed by atoms with Gasteiger partial charge in [0.05, 0.1) is 5.02 Å². The third-order valence-corrected chi connectivity index (χ3v) is 2.55. The van der Waals surface area contributed by atoms with Gasteiger partial charge < -0.3 is 15.9 Å². The van der Waals surface area contributed by atoms with Crippen molar-refractivity contribution >= 4 is 29.1 Å². The van der Waals surface area contributed by atoms with Crippen molar-refractivity contribution in [3.05, 3.63) is 33.6 Å². The van der Waals surface area contributed by atoms with Gasteiger partial charge in [0.1, 0.15) is 11.9 Å². The second-order valence-corrected chi connectivity index (χ2v) is 3.90. The Hall–Kier alpha value is -0.880. The molecule has 0 aliphatic carbocycles. The van der Waals surface area contributed by atoms with Crippen LogP contribution in [0, 0.1) is 5.82 Å². The molecule has 2 atom stereocenters. The Kier molecular flexibility index (Phi) is 4.09. The molecule has 4 nitrogen and oxygen atoms in total. The predicted molar refractivity (Wildman–Crippen MR) is 56.6 cm³/mol. The highest BCUT2D eigenvalue weighted by atomic mass is 35.5. The Morgan fingerprint density at radius 3 is 2.44 bits per heavy atom. The minimum atomic E-state index is -1.88. The number of benzene rings is 1. The molecule has 0 aromatic heterocycles. The molecule has 1 aromatic rings. The molecule has 0 saturated carbocycles. The summed E-state index contributed by atoms with van der Waals surface area (Å²) in [7, 11) is 0. The quantitative estimate of drug-likeness (QED) is 0.715. The molecule has 7 heteroatoms. The average molecular weight is 268 g/mol. The number of aliphatic hydroxyl groups excluding tert-OH is 2. The van der Waals surface area contributed by atoms with Crippen molar-refractivity contribution in [2.45, 2.75) is 12.2 Å². The van der Waals surface area contributed by atoms with E-state index in [1.165, 1.54) is 0 Å². The molecule has 1 aromatic carbocycles. The minimum Gasteiger partial charge on any atom is -0.385 e. The number of carbonyl (C=O) groups excluding carboxylic acids is 1. The number of halogens is 3. The van der Waals surface area contributed by atoms with Gasteiger partial charge in [0.15, 0.2) is 6.10 Å². The number of primary amides is 1. The topological polar surface area (TPSA) is 83.6 Å². The summed E-state index contributed by atoms with van der Waals surface area (Å²) in [5.41, 5.74) is 4.59. The van der Waals surface area contributed by atoms with Gasteiger partial charge in [-0.05, 0) is 12.1 Å². The smallest absolute Gasteiger partial charge is 0.249 e. The van der Waals surface area contributed by atoms with Crippen LogP contribution < -0.4 is 5.73 Å². The molecule has 0 saturated heterocycles. The van der Waals surface area contributed by atoms with Crippen molar-refractivity contribution in [3.63, 3.8) is 0 Å². The van der Waals surface area contributed by atoms with E-state index in [0.29, 0.717) is 0 Å². The summed E-state index contributed by atoms with van der Waals surface area (Å²) < 4.78 is 13.1. The zero-order chi connectivity index (χ0) is 12.5. The van der Waals surface area contributed by atoms with E-state index in [1.807, 2.05) is 0 Å². The minimum absolute atomic E-state index is 0.0207. The zero-order valence-corrected chi connectivity index (χ0v) is 9.34. The van der Waals surface area contributed by atoms with E-state index in [4.69, 9.17) is 28.9 Å². The highest BCUT2D eigenvalue weighted by Gasteiger charge is 2.26. The van der Waals surface area contributed by atoms with Crippen LogP contribution in [0.2, 0.25) is 10.0 Å². The number of hydrogen-bond donors (Lipinski definition) is 3. The molecule has 0 bridgehead atoms. The molecule has 1 rings (SSSR count). The van der Waals surface area contributed by atoms with Crippen molar-refractivity contribution in [2.24, 2.45) is 5.73 Å². The molecule has 0 heterocycles. The Labute approximate surface area is 100 Å². The van der Waals surface area contributed by atoms with E-state index >= 15 is 0 Å². The van der Waals surface area contributed by atoms with Gasteiger partial charge >= 0.3 is 0 Å². The fourth-order valence-electron chi connectivity index (χ4n) is 1.12. The lowest BCUT2D eigenvalue weighted by molar-refractivity contribution is -0.131. The Balaban J connectivity index is 3.17.